The molecule has 1 saturated carbocycles. The van der Waals surface area contributed by atoms with Crippen LogP contribution in [0.5, 0.6) is 0 Å². The number of hydrogen-bond acceptors (Lipinski definition) is 4. The van der Waals surface area contributed by atoms with Crippen molar-refractivity contribution in [2.75, 3.05) is 0 Å². The molecule has 6 heteroatoms. The van der Waals surface area contributed by atoms with E-state index in [4.69, 9.17) is 11.6 Å². The lowest BCUT2D eigenvalue weighted by Crippen LogP contribution is -2.19. The Morgan fingerprint density at radius 1 is 1.13 bits per heavy atom. The molecule has 5 nitrogen and oxygen atoms in total. The third-order valence-corrected chi connectivity index (χ3v) is 6.22. The smallest absolute Gasteiger partial charge is 0.163 e. The molecule has 0 amide bonds. The van der Waals surface area contributed by atoms with E-state index in [2.05, 4.69) is 43.2 Å². The van der Waals surface area contributed by atoms with Gasteiger partial charge in [0.2, 0.25) is 0 Å². The highest BCUT2D eigenvalue weighted by atomic mass is 35.5. The quantitative estimate of drug-likeness (QED) is 0.430. The normalized spacial score (nSPS) is 14.3. The molecule has 0 radical (unpaired) electrons. The van der Waals surface area contributed by atoms with Crippen LogP contribution < -0.4 is 0 Å². The van der Waals surface area contributed by atoms with E-state index in [9.17, 15) is 4.79 Å². The number of ketones is 1. The van der Waals surface area contributed by atoms with Crippen molar-refractivity contribution >= 4 is 17.4 Å². The molecule has 1 aromatic heterocycles. The van der Waals surface area contributed by atoms with Crippen LogP contribution in [-0.4, -0.2) is 26.0 Å². The minimum absolute atomic E-state index is 0.0193. The second-order valence-electron chi connectivity index (χ2n) is 9.24. The lowest BCUT2D eigenvalue weighted by Gasteiger charge is -2.23. The lowest BCUT2D eigenvalue weighted by molar-refractivity contribution is 0.0917. The minimum atomic E-state index is 0.0193. The Hall–Kier alpha value is -2.53. The van der Waals surface area contributed by atoms with Gasteiger partial charge in [-0.1, -0.05) is 51.4 Å². The second-order valence-corrected chi connectivity index (χ2v) is 9.68. The molecule has 3 aromatic rings. The van der Waals surface area contributed by atoms with Crippen molar-refractivity contribution < 1.29 is 4.79 Å². The molecule has 1 heterocycles. The Bertz CT molecular complexity index is 1070. The zero-order chi connectivity index (χ0) is 21.5. The Balaban J connectivity index is 1.78. The van der Waals surface area contributed by atoms with Crippen molar-refractivity contribution in [3.8, 4) is 16.8 Å². The molecule has 1 fully saturated rings. The molecule has 156 valence electrons. The van der Waals surface area contributed by atoms with Crippen LogP contribution in [0.1, 0.15) is 69.1 Å². The van der Waals surface area contributed by atoms with Crippen molar-refractivity contribution in [1.82, 2.24) is 20.2 Å². The van der Waals surface area contributed by atoms with Crippen LogP contribution in [0.3, 0.4) is 0 Å². The molecular formula is C24H27ClN4O. The number of nitrogens with zero attached hydrogens (tertiary/aromatic N) is 4. The van der Waals surface area contributed by atoms with E-state index >= 15 is 0 Å². The summed E-state index contributed by atoms with van der Waals surface area (Å²) in [6.45, 7) is 8.50. The Morgan fingerprint density at radius 3 is 2.47 bits per heavy atom. The van der Waals surface area contributed by atoms with Gasteiger partial charge in [-0.15, -0.1) is 5.10 Å². The zero-order valence-electron chi connectivity index (χ0n) is 17.9. The molecule has 4 rings (SSSR count). The van der Waals surface area contributed by atoms with Crippen LogP contribution >= 0.6 is 11.6 Å². The standard InChI is InChI=1S/C24H27ClN4O/c1-15(2)23-26-27-28-29(23)21-12-17(16-5-9-20(25)10-6-16)11-18(13-21)22(30)14-24(3,4)19-7-8-19/h5-6,9-13,15,19H,7-8,14H2,1-4H3. The number of carbonyl (C=O) groups excluding carboxylic acids is 1. The molecule has 0 aliphatic heterocycles. The fourth-order valence-electron chi connectivity index (χ4n) is 3.97. The van der Waals surface area contributed by atoms with E-state index in [0.717, 1.165) is 22.6 Å². The van der Waals surface area contributed by atoms with Crippen molar-refractivity contribution in [2.24, 2.45) is 11.3 Å². The monoisotopic (exact) mass is 422 g/mol. The molecule has 1 aliphatic carbocycles. The Kier molecular flexibility index (Phi) is 5.49. The lowest BCUT2D eigenvalue weighted by atomic mass is 9.80. The molecule has 30 heavy (non-hydrogen) atoms. The molecule has 0 N–H and O–H groups in total. The van der Waals surface area contributed by atoms with E-state index in [0.29, 0.717) is 22.9 Å². The summed E-state index contributed by atoms with van der Waals surface area (Å²) in [6, 6.07) is 13.5. The van der Waals surface area contributed by atoms with E-state index in [1.807, 2.05) is 42.5 Å². The number of tetrazole rings is 1. The number of aromatic nitrogens is 4. The van der Waals surface area contributed by atoms with Crippen LogP contribution in [0, 0.1) is 11.3 Å². The maximum absolute atomic E-state index is 13.3. The molecule has 0 bridgehead atoms. The van der Waals surface area contributed by atoms with Gasteiger partial charge in [-0.2, -0.15) is 4.68 Å². The van der Waals surface area contributed by atoms with Gasteiger partial charge >= 0.3 is 0 Å². The van der Waals surface area contributed by atoms with Crippen molar-refractivity contribution in [1.29, 1.82) is 0 Å². The molecule has 0 unspecified atom stereocenters. The molecular weight excluding hydrogens is 396 g/mol. The van der Waals surface area contributed by atoms with Gasteiger partial charge in [0.05, 0.1) is 5.69 Å². The number of halogens is 1. The summed E-state index contributed by atoms with van der Waals surface area (Å²) >= 11 is 6.07. The van der Waals surface area contributed by atoms with E-state index < -0.39 is 0 Å². The summed E-state index contributed by atoms with van der Waals surface area (Å²) < 4.78 is 1.73. The molecule has 1 aliphatic rings. The highest BCUT2D eigenvalue weighted by Crippen LogP contribution is 2.47. The average Bonchev–Trinajstić information content (AvgIpc) is 3.45. The van der Waals surface area contributed by atoms with Crippen LogP contribution in [0.25, 0.3) is 16.8 Å². The Morgan fingerprint density at radius 2 is 1.83 bits per heavy atom. The van der Waals surface area contributed by atoms with Gasteiger partial charge in [0.1, 0.15) is 0 Å². The van der Waals surface area contributed by atoms with Gasteiger partial charge in [-0.3, -0.25) is 4.79 Å². The van der Waals surface area contributed by atoms with Crippen molar-refractivity contribution in [3.05, 3.63) is 58.9 Å². The highest BCUT2D eigenvalue weighted by molar-refractivity contribution is 6.30. The van der Waals surface area contributed by atoms with Crippen LogP contribution in [0.15, 0.2) is 42.5 Å². The minimum Gasteiger partial charge on any atom is -0.294 e. The predicted octanol–water partition coefficient (Wildman–Crippen LogP) is 6.12. The van der Waals surface area contributed by atoms with E-state index in [1.165, 1.54) is 12.8 Å². The van der Waals surface area contributed by atoms with Crippen LogP contribution in [-0.2, 0) is 0 Å². The number of hydrogen-bond donors (Lipinski definition) is 0. The van der Waals surface area contributed by atoms with Gasteiger partial charge in [0.15, 0.2) is 11.6 Å². The first-order valence-corrected chi connectivity index (χ1v) is 10.9. The van der Waals surface area contributed by atoms with Gasteiger partial charge in [-0.25, -0.2) is 0 Å². The first kappa shape index (κ1) is 20.7. The van der Waals surface area contributed by atoms with Crippen molar-refractivity contribution in [2.45, 2.75) is 52.9 Å². The summed E-state index contributed by atoms with van der Waals surface area (Å²) in [4.78, 5) is 13.3. The number of benzene rings is 2. The summed E-state index contributed by atoms with van der Waals surface area (Å²) in [6.07, 6.45) is 2.98. The summed E-state index contributed by atoms with van der Waals surface area (Å²) in [5.41, 5.74) is 3.45. The average molecular weight is 423 g/mol. The first-order valence-electron chi connectivity index (χ1n) is 10.5. The molecule has 0 saturated heterocycles. The third kappa shape index (κ3) is 4.31. The summed E-state index contributed by atoms with van der Waals surface area (Å²) in [5.74, 6) is 1.72. The zero-order valence-corrected chi connectivity index (χ0v) is 18.6. The van der Waals surface area contributed by atoms with Crippen molar-refractivity contribution in [3.63, 3.8) is 0 Å². The van der Waals surface area contributed by atoms with E-state index in [-0.39, 0.29) is 17.1 Å². The number of carbonyl (C=O) groups is 1. The topological polar surface area (TPSA) is 60.7 Å². The Labute approximate surface area is 182 Å². The number of rotatable bonds is 7. The highest BCUT2D eigenvalue weighted by Gasteiger charge is 2.39. The number of Topliss-reactive ketones (excluding diaryl/α,β-unsaturated/α-hetero) is 1. The maximum Gasteiger partial charge on any atom is 0.163 e. The SMILES string of the molecule is CC(C)c1nnnn1-c1cc(C(=O)CC(C)(C)C2CC2)cc(-c2ccc(Cl)cc2)c1. The van der Waals surface area contributed by atoms with E-state index in [1.54, 1.807) is 4.68 Å². The largest absolute Gasteiger partial charge is 0.294 e. The fraction of sp³-hybridized carbons (Fsp3) is 0.417. The first-order chi connectivity index (χ1) is 14.2. The summed E-state index contributed by atoms with van der Waals surface area (Å²) in [5, 5.41) is 12.9. The molecule has 0 spiro atoms. The predicted molar refractivity (Wildman–Crippen MR) is 119 cm³/mol. The van der Waals surface area contributed by atoms with Gasteiger partial charge in [-0.05, 0) is 76.1 Å². The maximum atomic E-state index is 13.3. The van der Waals surface area contributed by atoms with Gasteiger partial charge in [0, 0.05) is 22.9 Å². The fourth-order valence-corrected chi connectivity index (χ4v) is 4.09. The molecule has 0 atom stereocenters. The van der Waals surface area contributed by atoms with Gasteiger partial charge in [0.25, 0.3) is 0 Å². The molecule has 2 aromatic carbocycles. The van der Waals surface area contributed by atoms with Crippen LogP contribution in [0.2, 0.25) is 5.02 Å². The van der Waals surface area contributed by atoms with Crippen LogP contribution in [0.4, 0.5) is 0 Å². The van der Waals surface area contributed by atoms with Gasteiger partial charge < -0.3 is 0 Å². The second kappa shape index (κ2) is 7.95. The third-order valence-electron chi connectivity index (χ3n) is 5.97. The summed E-state index contributed by atoms with van der Waals surface area (Å²) in [7, 11) is 0.